The van der Waals surface area contributed by atoms with Crippen molar-refractivity contribution < 1.29 is 0 Å². The summed E-state index contributed by atoms with van der Waals surface area (Å²) in [5, 5.41) is 0. The number of hydrogen-bond donors (Lipinski definition) is 0. The van der Waals surface area contributed by atoms with Crippen LogP contribution in [0, 0.1) is 5.41 Å². The van der Waals surface area contributed by atoms with Gasteiger partial charge in [0.25, 0.3) is 0 Å². The number of hydrogen-bond acceptors (Lipinski definition) is 0. The van der Waals surface area contributed by atoms with Gasteiger partial charge in [0.15, 0.2) is 0 Å². The average molecular weight is 320 g/mol. The molecule has 2 aliphatic rings. The summed E-state index contributed by atoms with van der Waals surface area (Å²) in [5.41, 5.74) is 4.40. The van der Waals surface area contributed by atoms with Crippen LogP contribution < -0.4 is 0 Å². The van der Waals surface area contributed by atoms with E-state index in [9.17, 15) is 0 Å². The van der Waals surface area contributed by atoms with Crippen molar-refractivity contribution in [2.24, 2.45) is 5.41 Å². The molecule has 0 saturated carbocycles. The Hall–Kier alpha value is -0.830. The molecular weight excluding hydrogens is 307 g/mol. The summed E-state index contributed by atoms with van der Waals surface area (Å²) in [6.07, 6.45) is 11.2. The summed E-state index contributed by atoms with van der Waals surface area (Å²) in [6.45, 7) is 2.33. The van der Waals surface area contributed by atoms with Crippen LogP contribution in [-0.4, -0.2) is 0 Å². The Bertz CT molecular complexity index is 522. The third kappa shape index (κ3) is 1.34. The van der Waals surface area contributed by atoms with Gasteiger partial charge in [-0.3, -0.25) is 0 Å². The molecule has 0 bridgehead atoms. The molecule has 2 aliphatic carbocycles. The van der Waals surface area contributed by atoms with Gasteiger partial charge >= 0.3 is 0 Å². The molecule has 0 amide bonds. The fraction of sp³-hybridized carbons (Fsp3) is 0.200. The Morgan fingerprint density at radius 2 is 2.00 bits per heavy atom. The SMILES string of the molecule is CC12C=CC=CC1=Cc1ccccc1C2I. The van der Waals surface area contributed by atoms with Gasteiger partial charge in [-0.05, 0) is 16.7 Å². The Kier molecular flexibility index (Phi) is 2.32. The lowest BCUT2D eigenvalue weighted by Gasteiger charge is -2.39. The molecule has 0 radical (unpaired) electrons. The van der Waals surface area contributed by atoms with Crippen molar-refractivity contribution >= 4 is 28.7 Å². The quantitative estimate of drug-likeness (QED) is 0.480. The summed E-state index contributed by atoms with van der Waals surface area (Å²) in [6, 6.07) is 8.70. The van der Waals surface area contributed by atoms with Gasteiger partial charge in [-0.1, -0.05) is 84.2 Å². The number of allylic oxidation sites excluding steroid dienone is 5. The van der Waals surface area contributed by atoms with Crippen LogP contribution in [0.1, 0.15) is 22.0 Å². The second-order valence-electron chi connectivity index (χ2n) is 4.59. The van der Waals surface area contributed by atoms with E-state index < -0.39 is 0 Å². The predicted octanol–water partition coefficient (Wildman–Crippen LogP) is 4.69. The lowest BCUT2D eigenvalue weighted by atomic mass is 9.70. The van der Waals surface area contributed by atoms with E-state index in [2.05, 4.69) is 84.2 Å². The molecule has 0 nitrogen and oxygen atoms in total. The number of benzene rings is 1. The zero-order valence-electron chi connectivity index (χ0n) is 9.15. The average Bonchev–Trinajstić information content (AvgIpc) is 2.31. The van der Waals surface area contributed by atoms with Gasteiger partial charge in [0.1, 0.15) is 0 Å². The van der Waals surface area contributed by atoms with Crippen LogP contribution in [0.2, 0.25) is 0 Å². The van der Waals surface area contributed by atoms with Crippen LogP contribution in [0.5, 0.6) is 0 Å². The van der Waals surface area contributed by atoms with E-state index in [-0.39, 0.29) is 5.41 Å². The normalized spacial score (nSPS) is 30.6. The Balaban J connectivity index is 2.25. The van der Waals surface area contributed by atoms with Crippen molar-refractivity contribution in [3.05, 3.63) is 65.3 Å². The Morgan fingerprint density at radius 3 is 2.88 bits per heavy atom. The molecule has 1 heteroatoms. The predicted molar refractivity (Wildman–Crippen MR) is 77.6 cm³/mol. The molecule has 80 valence electrons. The molecule has 0 aliphatic heterocycles. The first-order valence-electron chi connectivity index (χ1n) is 5.53. The molecule has 16 heavy (non-hydrogen) atoms. The molecule has 0 spiro atoms. The van der Waals surface area contributed by atoms with Crippen LogP contribution >= 0.6 is 22.6 Å². The third-order valence-electron chi connectivity index (χ3n) is 3.56. The topological polar surface area (TPSA) is 0 Å². The first-order chi connectivity index (χ1) is 7.72. The lowest BCUT2D eigenvalue weighted by Crippen LogP contribution is -2.26. The van der Waals surface area contributed by atoms with Crippen molar-refractivity contribution in [2.45, 2.75) is 10.8 Å². The van der Waals surface area contributed by atoms with Crippen LogP contribution in [-0.2, 0) is 0 Å². The fourth-order valence-electron chi connectivity index (χ4n) is 2.49. The molecule has 0 N–H and O–H groups in total. The van der Waals surface area contributed by atoms with Crippen molar-refractivity contribution in [3.8, 4) is 0 Å². The Morgan fingerprint density at radius 1 is 1.19 bits per heavy atom. The second kappa shape index (κ2) is 3.59. The van der Waals surface area contributed by atoms with Crippen molar-refractivity contribution in [1.29, 1.82) is 0 Å². The monoisotopic (exact) mass is 320 g/mol. The van der Waals surface area contributed by atoms with Crippen LogP contribution in [0.25, 0.3) is 6.08 Å². The van der Waals surface area contributed by atoms with Gasteiger partial charge in [0.05, 0.1) is 0 Å². The van der Waals surface area contributed by atoms with Crippen molar-refractivity contribution in [3.63, 3.8) is 0 Å². The maximum absolute atomic E-state index is 2.57. The smallest absolute Gasteiger partial charge is 0.0494 e. The third-order valence-corrected chi connectivity index (χ3v) is 5.52. The number of halogens is 1. The van der Waals surface area contributed by atoms with Gasteiger partial charge in [-0.15, -0.1) is 0 Å². The van der Waals surface area contributed by atoms with Gasteiger partial charge in [-0.2, -0.15) is 0 Å². The molecule has 0 heterocycles. The molecule has 0 saturated heterocycles. The largest absolute Gasteiger partial charge is 0.0761 e. The van der Waals surface area contributed by atoms with Crippen molar-refractivity contribution in [2.75, 3.05) is 0 Å². The fourth-order valence-corrected chi connectivity index (χ4v) is 3.62. The highest BCUT2D eigenvalue weighted by molar-refractivity contribution is 14.1. The van der Waals surface area contributed by atoms with Crippen LogP contribution in [0.15, 0.2) is 54.1 Å². The lowest BCUT2D eigenvalue weighted by molar-refractivity contribution is 0.520. The van der Waals surface area contributed by atoms with E-state index in [0.29, 0.717) is 3.92 Å². The van der Waals surface area contributed by atoms with Crippen molar-refractivity contribution in [1.82, 2.24) is 0 Å². The summed E-state index contributed by atoms with van der Waals surface area (Å²) in [4.78, 5) is 0. The zero-order chi connectivity index (χ0) is 11.2. The van der Waals surface area contributed by atoms with E-state index >= 15 is 0 Å². The minimum Gasteiger partial charge on any atom is -0.0761 e. The van der Waals surface area contributed by atoms with E-state index in [1.165, 1.54) is 16.7 Å². The maximum atomic E-state index is 2.57. The summed E-state index contributed by atoms with van der Waals surface area (Å²) < 4.78 is 0.516. The summed E-state index contributed by atoms with van der Waals surface area (Å²) in [5.74, 6) is 0. The second-order valence-corrected chi connectivity index (χ2v) is 5.84. The number of fused-ring (bicyclic) bond motifs is 2. The summed E-state index contributed by atoms with van der Waals surface area (Å²) in [7, 11) is 0. The van der Waals surface area contributed by atoms with E-state index in [1.807, 2.05) is 0 Å². The number of alkyl halides is 1. The van der Waals surface area contributed by atoms with Gasteiger partial charge in [0, 0.05) is 9.34 Å². The molecule has 0 fully saturated rings. The van der Waals surface area contributed by atoms with Gasteiger partial charge < -0.3 is 0 Å². The molecule has 2 atom stereocenters. The molecular formula is C15H13I. The Labute approximate surface area is 110 Å². The van der Waals surface area contributed by atoms with Crippen LogP contribution in [0.4, 0.5) is 0 Å². The molecule has 1 aromatic rings. The maximum Gasteiger partial charge on any atom is 0.0494 e. The first-order valence-corrected chi connectivity index (χ1v) is 6.77. The molecule has 1 aromatic carbocycles. The molecule has 2 unspecified atom stereocenters. The number of rotatable bonds is 0. The van der Waals surface area contributed by atoms with Gasteiger partial charge in [0.2, 0.25) is 0 Å². The first kappa shape index (κ1) is 10.3. The van der Waals surface area contributed by atoms with E-state index in [4.69, 9.17) is 0 Å². The minimum atomic E-state index is 0.156. The minimum absolute atomic E-state index is 0.156. The standard InChI is InChI=1S/C15H13I/c1-15-9-5-4-7-12(15)10-11-6-2-3-8-13(11)14(15)16/h2-10,14H,1H3. The van der Waals surface area contributed by atoms with Crippen LogP contribution in [0.3, 0.4) is 0 Å². The highest BCUT2D eigenvalue weighted by Gasteiger charge is 2.38. The highest BCUT2D eigenvalue weighted by atomic mass is 127. The van der Waals surface area contributed by atoms with Gasteiger partial charge in [-0.25, -0.2) is 0 Å². The van der Waals surface area contributed by atoms with E-state index in [0.717, 1.165) is 0 Å². The molecule has 0 aromatic heterocycles. The zero-order valence-corrected chi connectivity index (χ0v) is 11.3. The molecule has 3 rings (SSSR count). The van der Waals surface area contributed by atoms with E-state index in [1.54, 1.807) is 0 Å². The summed E-state index contributed by atoms with van der Waals surface area (Å²) >= 11 is 2.57. The highest BCUT2D eigenvalue weighted by Crippen LogP contribution is 2.53.